The maximum absolute atomic E-state index is 10.8. The highest BCUT2D eigenvalue weighted by Gasteiger charge is 2.30. The average molecular weight is 109 g/mol. The normalized spacial score (nSPS) is 43.8. The molecule has 1 heteroatoms. The molecule has 2 aliphatic carbocycles. The van der Waals surface area contributed by atoms with Crippen LogP contribution in [0.2, 0.25) is 0 Å². The third-order valence-corrected chi connectivity index (χ3v) is 2.24. The molecule has 2 fully saturated rings. The van der Waals surface area contributed by atoms with Crippen LogP contribution in [-0.4, -0.2) is 5.78 Å². The molecule has 8 heavy (non-hydrogen) atoms. The van der Waals surface area contributed by atoms with E-state index in [2.05, 4.69) is 6.42 Å². The number of hydrogen-bond donors (Lipinski definition) is 0. The number of Topliss-reactive ketones (excluding diaryl/α,β-unsaturated/α-hetero) is 1. The Morgan fingerprint density at radius 3 is 2.75 bits per heavy atom. The van der Waals surface area contributed by atoms with Crippen LogP contribution in [0.25, 0.3) is 0 Å². The van der Waals surface area contributed by atoms with E-state index in [0.29, 0.717) is 11.7 Å². The standard InChI is InChI=1S/C7H9O/c8-7-4-5-1-2-6(7)3-5/h2,5-6H,1,3-4H2/q-1. The van der Waals surface area contributed by atoms with Crippen molar-refractivity contribution in [1.29, 1.82) is 0 Å². The van der Waals surface area contributed by atoms with Crippen LogP contribution in [0.4, 0.5) is 0 Å². The van der Waals surface area contributed by atoms with Gasteiger partial charge in [0.25, 0.3) is 0 Å². The van der Waals surface area contributed by atoms with E-state index >= 15 is 0 Å². The quantitative estimate of drug-likeness (QED) is 0.427. The summed E-state index contributed by atoms with van der Waals surface area (Å²) < 4.78 is 0. The first-order chi connectivity index (χ1) is 3.86. The predicted molar refractivity (Wildman–Crippen MR) is 30.1 cm³/mol. The predicted octanol–water partition coefficient (Wildman–Crippen LogP) is 1.19. The number of rotatable bonds is 0. The van der Waals surface area contributed by atoms with Crippen LogP contribution in [0.5, 0.6) is 0 Å². The minimum atomic E-state index is 0.375. The summed E-state index contributed by atoms with van der Waals surface area (Å²) >= 11 is 0. The van der Waals surface area contributed by atoms with E-state index in [1.54, 1.807) is 0 Å². The summed E-state index contributed by atoms with van der Waals surface area (Å²) in [5.41, 5.74) is 0. The molecule has 0 heterocycles. The summed E-state index contributed by atoms with van der Waals surface area (Å²) in [5, 5.41) is 0. The summed E-state index contributed by atoms with van der Waals surface area (Å²) in [5.74, 6) is 1.61. The Bertz CT molecular complexity index is 128. The van der Waals surface area contributed by atoms with Crippen molar-refractivity contribution in [1.82, 2.24) is 0 Å². The van der Waals surface area contributed by atoms with Crippen molar-refractivity contribution in [3.63, 3.8) is 0 Å². The molecule has 2 bridgehead atoms. The van der Waals surface area contributed by atoms with Gasteiger partial charge in [-0.05, 0) is 0 Å². The van der Waals surface area contributed by atoms with Gasteiger partial charge in [-0.3, -0.25) is 0 Å². The lowest BCUT2D eigenvalue weighted by Crippen LogP contribution is -2.08. The minimum absolute atomic E-state index is 0.375. The molecule has 0 N–H and O–H groups in total. The molecule has 2 rings (SSSR count). The van der Waals surface area contributed by atoms with Crippen LogP contribution in [0.15, 0.2) is 0 Å². The van der Waals surface area contributed by atoms with Crippen LogP contribution in [0, 0.1) is 18.3 Å². The second-order valence-corrected chi connectivity index (χ2v) is 2.85. The molecule has 2 atom stereocenters. The summed E-state index contributed by atoms with van der Waals surface area (Å²) in [4.78, 5) is 10.8. The molecule has 0 radical (unpaired) electrons. The van der Waals surface area contributed by atoms with Gasteiger partial charge in [0.15, 0.2) is 0 Å². The SMILES string of the molecule is O=C1CC2C[CH-]C1C2. The molecule has 0 aromatic carbocycles. The lowest BCUT2D eigenvalue weighted by molar-refractivity contribution is -0.120. The summed E-state index contributed by atoms with van der Waals surface area (Å²) in [6.45, 7) is 0. The first-order valence-electron chi connectivity index (χ1n) is 3.22. The third kappa shape index (κ3) is 0.445. The number of fused-ring (bicyclic) bond motifs is 2. The third-order valence-electron chi connectivity index (χ3n) is 2.24. The van der Waals surface area contributed by atoms with Crippen LogP contribution in [0.1, 0.15) is 19.3 Å². The Balaban J connectivity index is 2.22. The molecule has 0 amide bonds. The van der Waals surface area contributed by atoms with Gasteiger partial charge in [-0.1, -0.05) is 12.3 Å². The summed E-state index contributed by atoms with van der Waals surface area (Å²) in [6.07, 6.45) is 5.42. The molecule has 2 saturated carbocycles. The molecule has 2 unspecified atom stereocenters. The maximum atomic E-state index is 10.8. The van der Waals surface area contributed by atoms with Gasteiger partial charge in [0, 0.05) is 6.42 Å². The summed E-state index contributed by atoms with van der Waals surface area (Å²) in [6, 6.07) is 0. The number of carbonyl (C=O) groups excluding carboxylic acids is 1. The van der Waals surface area contributed by atoms with Crippen molar-refractivity contribution >= 4 is 5.78 Å². The van der Waals surface area contributed by atoms with Crippen molar-refractivity contribution in [3.05, 3.63) is 6.42 Å². The monoisotopic (exact) mass is 109 g/mol. The fraction of sp³-hybridized carbons (Fsp3) is 0.714. The van der Waals surface area contributed by atoms with Gasteiger partial charge in [0.05, 0.1) is 0 Å². The zero-order chi connectivity index (χ0) is 5.56. The van der Waals surface area contributed by atoms with Crippen molar-refractivity contribution < 1.29 is 4.79 Å². The zero-order valence-electron chi connectivity index (χ0n) is 4.76. The molecule has 0 spiro atoms. The Morgan fingerprint density at radius 2 is 2.50 bits per heavy atom. The Kier molecular flexibility index (Phi) is 0.758. The van der Waals surface area contributed by atoms with Crippen LogP contribution < -0.4 is 0 Å². The highest BCUT2D eigenvalue weighted by molar-refractivity contribution is 5.85. The van der Waals surface area contributed by atoms with E-state index in [1.807, 2.05) is 0 Å². The van der Waals surface area contributed by atoms with Crippen LogP contribution in [0.3, 0.4) is 0 Å². The largest absolute Gasteiger partial charge is 0.318 e. The van der Waals surface area contributed by atoms with E-state index in [4.69, 9.17) is 0 Å². The Morgan fingerprint density at radius 1 is 1.62 bits per heavy atom. The zero-order valence-corrected chi connectivity index (χ0v) is 4.76. The molecule has 0 aromatic rings. The smallest absolute Gasteiger partial charge is 0.106 e. The lowest BCUT2D eigenvalue weighted by Gasteiger charge is -2.15. The van der Waals surface area contributed by atoms with E-state index in [9.17, 15) is 4.79 Å². The molecule has 1 nitrogen and oxygen atoms in total. The molecule has 44 valence electrons. The van der Waals surface area contributed by atoms with Crippen LogP contribution >= 0.6 is 0 Å². The van der Waals surface area contributed by atoms with E-state index in [-0.39, 0.29) is 0 Å². The second kappa shape index (κ2) is 1.34. The fourth-order valence-corrected chi connectivity index (χ4v) is 1.77. The average Bonchev–Trinajstić information content (AvgIpc) is 2.23. The van der Waals surface area contributed by atoms with E-state index in [1.165, 1.54) is 12.8 Å². The Labute approximate surface area is 49.1 Å². The molecule has 2 aliphatic rings. The molecular formula is C7H9O-. The van der Waals surface area contributed by atoms with Gasteiger partial charge < -0.3 is 11.2 Å². The van der Waals surface area contributed by atoms with E-state index < -0.39 is 0 Å². The van der Waals surface area contributed by atoms with Crippen LogP contribution in [-0.2, 0) is 4.79 Å². The molecule has 0 aliphatic heterocycles. The van der Waals surface area contributed by atoms with Gasteiger partial charge in [0.2, 0.25) is 0 Å². The first kappa shape index (κ1) is 4.54. The van der Waals surface area contributed by atoms with Crippen molar-refractivity contribution in [2.24, 2.45) is 11.8 Å². The van der Waals surface area contributed by atoms with Gasteiger partial charge >= 0.3 is 0 Å². The maximum Gasteiger partial charge on any atom is 0.106 e. The van der Waals surface area contributed by atoms with Gasteiger partial charge in [-0.2, -0.15) is 6.42 Å². The van der Waals surface area contributed by atoms with Crippen molar-refractivity contribution in [2.45, 2.75) is 19.3 Å². The lowest BCUT2D eigenvalue weighted by atomic mass is 10.00. The minimum Gasteiger partial charge on any atom is -0.318 e. The molecule has 0 aromatic heterocycles. The molecule has 0 saturated heterocycles. The van der Waals surface area contributed by atoms with E-state index in [0.717, 1.165) is 12.3 Å². The molecular weight excluding hydrogens is 100 g/mol. The number of hydrogen-bond acceptors (Lipinski definition) is 1. The van der Waals surface area contributed by atoms with Crippen molar-refractivity contribution in [3.8, 4) is 0 Å². The second-order valence-electron chi connectivity index (χ2n) is 2.85. The number of ketones is 1. The van der Waals surface area contributed by atoms with Gasteiger partial charge in [0.1, 0.15) is 5.78 Å². The highest BCUT2D eigenvalue weighted by atomic mass is 16.1. The topological polar surface area (TPSA) is 17.1 Å². The number of carbonyl (C=O) groups is 1. The van der Waals surface area contributed by atoms with Gasteiger partial charge in [-0.15, -0.1) is 5.92 Å². The highest BCUT2D eigenvalue weighted by Crippen LogP contribution is 2.40. The fourth-order valence-electron chi connectivity index (χ4n) is 1.77. The van der Waals surface area contributed by atoms with Crippen molar-refractivity contribution in [2.75, 3.05) is 0 Å². The first-order valence-corrected chi connectivity index (χ1v) is 3.22. The van der Waals surface area contributed by atoms with Gasteiger partial charge in [-0.25, -0.2) is 0 Å². The Hall–Kier alpha value is -0.330. The summed E-state index contributed by atoms with van der Waals surface area (Å²) in [7, 11) is 0.